The molecule has 0 aliphatic carbocycles. The lowest BCUT2D eigenvalue weighted by Crippen LogP contribution is -2.18. The van der Waals surface area contributed by atoms with Gasteiger partial charge in [0.2, 0.25) is 0 Å². The van der Waals surface area contributed by atoms with E-state index in [1.165, 1.54) is 25.7 Å². The van der Waals surface area contributed by atoms with E-state index in [1.54, 1.807) is 0 Å². The van der Waals surface area contributed by atoms with Crippen molar-refractivity contribution >= 4 is 11.9 Å². The lowest BCUT2D eigenvalue weighted by atomic mass is 10.0. The number of hydrogen-bond acceptors (Lipinski definition) is 3. The largest absolute Gasteiger partial charge is 0.481 e. The van der Waals surface area contributed by atoms with Crippen molar-refractivity contribution in [2.75, 3.05) is 0 Å². The highest BCUT2D eigenvalue weighted by Gasteiger charge is 2.14. The van der Waals surface area contributed by atoms with Gasteiger partial charge >= 0.3 is 11.9 Å². The van der Waals surface area contributed by atoms with Gasteiger partial charge in [-0.25, -0.2) is 0 Å². The molecule has 1 unspecified atom stereocenters. The number of unbranched alkanes of at least 4 members (excludes halogenated alkanes) is 10. The first-order valence-corrected chi connectivity index (χ1v) is 15.6. The third kappa shape index (κ3) is 28.5. The minimum Gasteiger partial charge on any atom is -0.481 e. The van der Waals surface area contributed by atoms with Gasteiger partial charge in [-0.15, -0.1) is 0 Å². The molecular weight excluding hydrogens is 472 g/mol. The molecule has 0 rings (SSSR count). The molecule has 0 saturated heterocycles. The van der Waals surface area contributed by atoms with Gasteiger partial charge in [-0.1, -0.05) is 107 Å². The van der Waals surface area contributed by atoms with Crippen LogP contribution >= 0.6 is 0 Å². The van der Waals surface area contributed by atoms with Gasteiger partial charge in [-0.05, 0) is 77.0 Å². The number of aliphatic carboxylic acids is 1. The number of ether oxygens (including phenoxy) is 1. The first-order valence-electron chi connectivity index (χ1n) is 15.6. The van der Waals surface area contributed by atoms with Crippen LogP contribution in [0.3, 0.4) is 0 Å². The van der Waals surface area contributed by atoms with E-state index in [0.717, 1.165) is 96.3 Å². The summed E-state index contributed by atoms with van der Waals surface area (Å²) in [6, 6.07) is 0. The Morgan fingerprint density at radius 1 is 0.605 bits per heavy atom. The summed E-state index contributed by atoms with van der Waals surface area (Å²) in [5.41, 5.74) is 0. The molecule has 0 bridgehead atoms. The average Bonchev–Trinajstić information content (AvgIpc) is 2.89. The first kappa shape index (κ1) is 35.9. The van der Waals surface area contributed by atoms with Crippen LogP contribution < -0.4 is 0 Å². The highest BCUT2D eigenvalue weighted by atomic mass is 16.5. The molecule has 0 amide bonds. The third-order valence-corrected chi connectivity index (χ3v) is 6.57. The fourth-order valence-electron chi connectivity index (χ4n) is 4.29. The number of carboxylic acids is 1. The van der Waals surface area contributed by atoms with Crippen LogP contribution in [0.1, 0.15) is 149 Å². The molecule has 1 atom stereocenters. The number of esters is 1. The Morgan fingerprint density at radius 3 is 1.68 bits per heavy atom. The van der Waals surface area contributed by atoms with Crippen molar-refractivity contribution in [3.8, 4) is 0 Å². The molecule has 0 aromatic heterocycles. The quantitative estimate of drug-likeness (QED) is 0.0651. The fourth-order valence-corrected chi connectivity index (χ4v) is 4.29. The summed E-state index contributed by atoms with van der Waals surface area (Å²) in [5, 5.41) is 8.68. The van der Waals surface area contributed by atoms with Crippen LogP contribution in [0.25, 0.3) is 0 Å². The Bertz CT molecular complexity index is 659. The maximum absolute atomic E-state index is 12.4. The highest BCUT2D eigenvalue weighted by Crippen LogP contribution is 2.17. The first-order chi connectivity index (χ1) is 18.6. The van der Waals surface area contributed by atoms with Crippen LogP contribution in [-0.4, -0.2) is 23.1 Å². The topological polar surface area (TPSA) is 63.6 Å². The second kappa shape index (κ2) is 29.5. The van der Waals surface area contributed by atoms with Crippen LogP contribution in [-0.2, 0) is 14.3 Å². The summed E-state index contributed by atoms with van der Waals surface area (Å²) in [6.07, 6.45) is 38.5. The van der Waals surface area contributed by atoms with E-state index in [2.05, 4.69) is 62.5 Å². The van der Waals surface area contributed by atoms with Crippen LogP contribution in [0.2, 0.25) is 0 Å². The second-order valence-corrected chi connectivity index (χ2v) is 10.3. The summed E-state index contributed by atoms with van der Waals surface area (Å²) < 4.78 is 5.87. The van der Waals surface area contributed by atoms with Gasteiger partial charge in [0.05, 0.1) is 0 Å². The predicted molar refractivity (Wildman–Crippen MR) is 162 cm³/mol. The van der Waals surface area contributed by atoms with Crippen LogP contribution in [0, 0.1) is 0 Å². The Kier molecular flexibility index (Phi) is 27.8. The average molecular weight is 531 g/mol. The zero-order chi connectivity index (χ0) is 27.9. The van der Waals surface area contributed by atoms with Crippen LogP contribution in [0.5, 0.6) is 0 Å². The van der Waals surface area contributed by atoms with E-state index >= 15 is 0 Å². The van der Waals surface area contributed by atoms with Crippen molar-refractivity contribution in [2.24, 2.45) is 0 Å². The maximum atomic E-state index is 12.4. The number of carbonyl (C=O) groups excluding carboxylic acids is 1. The summed E-state index contributed by atoms with van der Waals surface area (Å²) in [6.45, 7) is 4.35. The zero-order valence-electron chi connectivity index (χ0n) is 24.7. The molecule has 0 aromatic rings. The molecule has 0 aromatic carbocycles. The standard InChI is InChI=1S/C34H58O4/c1-3-5-7-8-9-10-11-12-13-14-15-16-20-23-27-31-34(37)38-32(28-24-6-4-2)29-25-21-18-17-19-22-26-30-33(35)36/h5,7,9-10,12-13,15-16,32H,3-4,6,8,11,14,17-31H2,1-2H3,(H,35,36)/b7-5-,10-9-,13-12-,16-15-. The van der Waals surface area contributed by atoms with Gasteiger partial charge in [0.1, 0.15) is 6.10 Å². The molecule has 38 heavy (non-hydrogen) atoms. The molecule has 4 heteroatoms. The predicted octanol–water partition coefficient (Wildman–Crippen LogP) is 10.4. The molecule has 0 saturated carbocycles. The molecule has 1 N–H and O–H groups in total. The molecule has 4 nitrogen and oxygen atoms in total. The number of carboxylic acid groups (broad SMARTS) is 1. The Morgan fingerprint density at radius 2 is 1.11 bits per heavy atom. The minimum absolute atomic E-state index is 0.0323. The molecule has 0 radical (unpaired) electrons. The Labute approximate surface area is 234 Å². The fraction of sp³-hybridized carbons (Fsp3) is 0.706. The van der Waals surface area contributed by atoms with Gasteiger partial charge in [-0.2, -0.15) is 0 Å². The van der Waals surface area contributed by atoms with Gasteiger partial charge in [0, 0.05) is 12.8 Å². The molecule has 218 valence electrons. The van der Waals surface area contributed by atoms with Crippen molar-refractivity contribution in [3.63, 3.8) is 0 Å². The van der Waals surface area contributed by atoms with Crippen molar-refractivity contribution in [1.29, 1.82) is 0 Å². The summed E-state index contributed by atoms with van der Waals surface area (Å²) >= 11 is 0. The molecule has 0 aliphatic heterocycles. The van der Waals surface area contributed by atoms with E-state index in [-0.39, 0.29) is 18.5 Å². The van der Waals surface area contributed by atoms with Crippen molar-refractivity contribution in [2.45, 2.75) is 155 Å². The number of carbonyl (C=O) groups is 2. The van der Waals surface area contributed by atoms with Gasteiger partial charge in [0.25, 0.3) is 0 Å². The summed E-state index contributed by atoms with van der Waals surface area (Å²) in [7, 11) is 0. The maximum Gasteiger partial charge on any atom is 0.306 e. The molecule has 0 spiro atoms. The van der Waals surface area contributed by atoms with Crippen molar-refractivity contribution < 1.29 is 19.4 Å². The van der Waals surface area contributed by atoms with E-state index in [4.69, 9.17) is 9.84 Å². The van der Waals surface area contributed by atoms with E-state index in [9.17, 15) is 9.59 Å². The minimum atomic E-state index is -0.695. The normalized spacial score (nSPS) is 12.9. The molecule has 0 aliphatic rings. The summed E-state index contributed by atoms with van der Waals surface area (Å²) in [4.78, 5) is 22.9. The second-order valence-electron chi connectivity index (χ2n) is 10.3. The molecule has 0 fully saturated rings. The van der Waals surface area contributed by atoms with Crippen molar-refractivity contribution in [1.82, 2.24) is 0 Å². The van der Waals surface area contributed by atoms with E-state index in [0.29, 0.717) is 6.42 Å². The van der Waals surface area contributed by atoms with Crippen LogP contribution in [0.4, 0.5) is 0 Å². The van der Waals surface area contributed by atoms with Crippen LogP contribution in [0.15, 0.2) is 48.6 Å². The Hall–Kier alpha value is -2.10. The van der Waals surface area contributed by atoms with Crippen molar-refractivity contribution in [3.05, 3.63) is 48.6 Å². The lowest BCUT2D eigenvalue weighted by Gasteiger charge is -2.18. The Balaban J connectivity index is 3.91. The van der Waals surface area contributed by atoms with Gasteiger partial charge in [0.15, 0.2) is 0 Å². The van der Waals surface area contributed by atoms with E-state index < -0.39 is 5.97 Å². The van der Waals surface area contributed by atoms with Gasteiger partial charge in [-0.3, -0.25) is 9.59 Å². The molecular formula is C34H58O4. The number of rotatable bonds is 27. The highest BCUT2D eigenvalue weighted by molar-refractivity contribution is 5.69. The SMILES string of the molecule is CC/C=C\C/C=C\C/C=C\C/C=C\CCCCC(=O)OC(CCCCC)CCCCCCCCCC(=O)O. The lowest BCUT2D eigenvalue weighted by molar-refractivity contribution is -0.150. The zero-order valence-corrected chi connectivity index (χ0v) is 24.7. The number of allylic oxidation sites excluding steroid dienone is 8. The molecule has 0 heterocycles. The number of hydrogen-bond donors (Lipinski definition) is 1. The summed E-state index contributed by atoms with van der Waals surface area (Å²) in [5.74, 6) is -0.727. The third-order valence-electron chi connectivity index (χ3n) is 6.57. The smallest absolute Gasteiger partial charge is 0.306 e. The van der Waals surface area contributed by atoms with E-state index in [1.807, 2.05) is 0 Å². The van der Waals surface area contributed by atoms with Gasteiger partial charge < -0.3 is 9.84 Å². The monoisotopic (exact) mass is 530 g/mol.